The molecular formula is C31H28Cl2N4O5S. The van der Waals surface area contributed by atoms with Gasteiger partial charge in [0.15, 0.2) is 6.61 Å². The third-order valence-electron chi connectivity index (χ3n) is 6.11. The van der Waals surface area contributed by atoms with E-state index >= 15 is 0 Å². The monoisotopic (exact) mass is 638 g/mol. The Balaban J connectivity index is 1.33. The van der Waals surface area contributed by atoms with Crippen molar-refractivity contribution in [3.05, 3.63) is 124 Å². The maximum Gasteiger partial charge on any atom is 0.264 e. The zero-order valence-electron chi connectivity index (χ0n) is 23.0. The predicted octanol–water partition coefficient (Wildman–Crippen LogP) is 5.60. The second kappa shape index (κ2) is 14.7. The smallest absolute Gasteiger partial charge is 0.264 e. The molecule has 0 unspecified atom stereocenters. The highest BCUT2D eigenvalue weighted by Crippen LogP contribution is 2.26. The average molecular weight is 640 g/mol. The topological polar surface area (TPSA) is 117 Å². The zero-order chi connectivity index (χ0) is 30.8. The summed E-state index contributed by atoms with van der Waals surface area (Å²) in [6.45, 7) is 1.19. The molecule has 4 aromatic carbocycles. The number of benzene rings is 4. The summed E-state index contributed by atoms with van der Waals surface area (Å²) in [4.78, 5) is 25.0. The van der Waals surface area contributed by atoms with Crippen LogP contribution in [0.5, 0.6) is 5.75 Å². The number of hydrazone groups is 1. The van der Waals surface area contributed by atoms with Crippen molar-refractivity contribution in [1.82, 2.24) is 10.7 Å². The van der Waals surface area contributed by atoms with Crippen molar-refractivity contribution in [3.63, 3.8) is 0 Å². The standard InChI is InChI=1S/C31H28Cl2N4O5S/c1-22(24-6-3-2-4-7-24)35-31(39)21-42-28-14-10-23(11-15-28)19-34-36-30(38)20-37(27-9-5-8-26(33)18-27)43(40,41)29-16-12-25(32)13-17-29/h2-19,22H,20-21H2,1H3,(H,35,39)(H,36,38)/b34-19-/t22-/m0/s1. The van der Waals surface area contributed by atoms with E-state index in [4.69, 9.17) is 27.9 Å². The van der Waals surface area contributed by atoms with Crippen LogP contribution in [0.4, 0.5) is 5.69 Å². The molecule has 1 atom stereocenters. The molecule has 2 amide bonds. The van der Waals surface area contributed by atoms with Gasteiger partial charge in [-0.3, -0.25) is 13.9 Å². The lowest BCUT2D eigenvalue weighted by molar-refractivity contribution is -0.123. The fraction of sp³-hybridized carbons (Fsp3) is 0.129. The van der Waals surface area contributed by atoms with E-state index in [1.165, 1.54) is 42.6 Å². The fourth-order valence-corrected chi connectivity index (χ4v) is 5.66. The molecular weight excluding hydrogens is 611 g/mol. The van der Waals surface area contributed by atoms with Gasteiger partial charge in [0, 0.05) is 10.0 Å². The minimum Gasteiger partial charge on any atom is -0.484 e. The first-order chi connectivity index (χ1) is 20.6. The largest absolute Gasteiger partial charge is 0.484 e. The summed E-state index contributed by atoms with van der Waals surface area (Å²) < 4.78 is 33.3. The molecule has 4 aromatic rings. The Morgan fingerprint density at radius 1 is 0.884 bits per heavy atom. The SMILES string of the molecule is C[C@H](NC(=O)COc1ccc(/C=N\NC(=O)CN(c2cccc(Cl)c2)S(=O)(=O)c2ccc(Cl)cc2)cc1)c1ccccc1. The van der Waals surface area contributed by atoms with Crippen LogP contribution in [0.3, 0.4) is 0 Å². The van der Waals surface area contributed by atoms with Crippen molar-refractivity contribution in [2.24, 2.45) is 5.10 Å². The Morgan fingerprint density at radius 3 is 2.26 bits per heavy atom. The van der Waals surface area contributed by atoms with Crippen LogP contribution in [-0.2, 0) is 19.6 Å². The Labute approximate surface area is 260 Å². The van der Waals surface area contributed by atoms with Crippen LogP contribution < -0.4 is 19.8 Å². The van der Waals surface area contributed by atoms with Crippen molar-refractivity contribution in [2.75, 3.05) is 17.5 Å². The molecule has 4 rings (SSSR count). The van der Waals surface area contributed by atoms with E-state index in [0.29, 0.717) is 21.4 Å². The van der Waals surface area contributed by atoms with Gasteiger partial charge in [-0.25, -0.2) is 13.8 Å². The van der Waals surface area contributed by atoms with E-state index in [-0.39, 0.29) is 29.1 Å². The number of hydrogen-bond donors (Lipinski definition) is 2. The third-order valence-corrected chi connectivity index (χ3v) is 8.39. The Hall–Kier alpha value is -4.38. The summed E-state index contributed by atoms with van der Waals surface area (Å²) in [5, 5.41) is 7.51. The quantitative estimate of drug-likeness (QED) is 0.155. The molecule has 0 aliphatic carbocycles. The number of hydrogen-bond acceptors (Lipinski definition) is 6. The first-order valence-corrected chi connectivity index (χ1v) is 15.2. The molecule has 0 aliphatic rings. The highest BCUT2D eigenvalue weighted by atomic mass is 35.5. The van der Waals surface area contributed by atoms with Crippen LogP contribution >= 0.6 is 23.2 Å². The Morgan fingerprint density at radius 2 is 1.58 bits per heavy atom. The molecule has 0 fully saturated rings. The number of sulfonamides is 1. The maximum atomic E-state index is 13.4. The minimum atomic E-state index is -4.14. The predicted molar refractivity (Wildman–Crippen MR) is 168 cm³/mol. The normalized spacial score (nSPS) is 12.0. The van der Waals surface area contributed by atoms with E-state index in [0.717, 1.165) is 9.87 Å². The van der Waals surface area contributed by atoms with Gasteiger partial charge in [-0.15, -0.1) is 0 Å². The maximum absolute atomic E-state index is 13.4. The van der Waals surface area contributed by atoms with Gasteiger partial charge < -0.3 is 10.1 Å². The number of halogens is 2. The van der Waals surface area contributed by atoms with Gasteiger partial charge in [0.2, 0.25) is 0 Å². The molecule has 0 aromatic heterocycles. The van der Waals surface area contributed by atoms with E-state index < -0.39 is 22.5 Å². The number of nitrogens with one attached hydrogen (secondary N) is 2. The van der Waals surface area contributed by atoms with E-state index in [9.17, 15) is 18.0 Å². The van der Waals surface area contributed by atoms with Crippen molar-refractivity contribution in [3.8, 4) is 5.75 Å². The highest BCUT2D eigenvalue weighted by Gasteiger charge is 2.27. The van der Waals surface area contributed by atoms with Crippen LogP contribution in [0.2, 0.25) is 10.0 Å². The van der Waals surface area contributed by atoms with Crippen molar-refractivity contribution < 1.29 is 22.7 Å². The number of carbonyl (C=O) groups is 2. The van der Waals surface area contributed by atoms with Crippen molar-refractivity contribution in [1.29, 1.82) is 0 Å². The van der Waals surface area contributed by atoms with Crippen molar-refractivity contribution >= 4 is 56.9 Å². The Bertz CT molecular complexity index is 1680. The van der Waals surface area contributed by atoms with Crippen LogP contribution in [0.15, 0.2) is 113 Å². The van der Waals surface area contributed by atoms with Gasteiger partial charge in [-0.1, -0.05) is 59.6 Å². The lowest BCUT2D eigenvalue weighted by atomic mass is 10.1. The second-order valence-corrected chi connectivity index (χ2v) is 12.0. The zero-order valence-corrected chi connectivity index (χ0v) is 25.3. The van der Waals surface area contributed by atoms with Gasteiger partial charge in [0.05, 0.1) is 22.8 Å². The summed E-state index contributed by atoms with van der Waals surface area (Å²) in [7, 11) is -4.14. The number of amides is 2. The number of anilines is 1. The van der Waals surface area contributed by atoms with Crippen LogP contribution in [0, 0.1) is 0 Å². The van der Waals surface area contributed by atoms with Gasteiger partial charge in [0.1, 0.15) is 12.3 Å². The van der Waals surface area contributed by atoms with Crippen LogP contribution in [0.1, 0.15) is 24.1 Å². The Kier molecular flexibility index (Phi) is 10.8. The number of nitrogens with zero attached hydrogens (tertiary/aromatic N) is 2. The highest BCUT2D eigenvalue weighted by molar-refractivity contribution is 7.92. The van der Waals surface area contributed by atoms with E-state index in [2.05, 4.69) is 15.8 Å². The minimum absolute atomic E-state index is 0.0429. The molecule has 9 nitrogen and oxygen atoms in total. The molecule has 0 aliphatic heterocycles. The molecule has 2 N–H and O–H groups in total. The lowest BCUT2D eigenvalue weighted by Gasteiger charge is -2.23. The van der Waals surface area contributed by atoms with Gasteiger partial charge in [-0.05, 0) is 84.8 Å². The molecule has 222 valence electrons. The van der Waals surface area contributed by atoms with Gasteiger partial charge >= 0.3 is 0 Å². The van der Waals surface area contributed by atoms with Crippen molar-refractivity contribution in [2.45, 2.75) is 17.9 Å². The summed E-state index contributed by atoms with van der Waals surface area (Å²) in [6.07, 6.45) is 1.40. The summed E-state index contributed by atoms with van der Waals surface area (Å²) >= 11 is 12.0. The fourth-order valence-electron chi connectivity index (χ4n) is 3.93. The third kappa shape index (κ3) is 9.05. The molecule has 12 heteroatoms. The first-order valence-electron chi connectivity index (χ1n) is 13.0. The second-order valence-electron chi connectivity index (χ2n) is 9.30. The molecule has 0 spiro atoms. The molecule has 0 bridgehead atoms. The molecule has 0 radical (unpaired) electrons. The van der Waals surface area contributed by atoms with Crippen LogP contribution in [-0.4, -0.2) is 39.6 Å². The summed E-state index contributed by atoms with van der Waals surface area (Å²) in [5.74, 6) is -0.452. The van der Waals surface area contributed by atoms with E-state index in [1.54, 1.807) is 36.4 Å². The lowest BCUT2D eigenvalue weighted by Crippen LogP contribution is -2.39. The average Bonchev–Trinajstić information content (AvgIpc) is 3.00. The van der Waals surface area contributed by atoms with Crippen LogP contribution in [0.25, 0.3) is 0 Å². The molecule has 0 saturated heterocycles. The van der Waals surface area contributed by atoms with Gasteiger partial charge in [0.25, 0.3) is 21.8 Å². The molecule has 0 heterocycles. The number of ether oxygens (including phenoxy) is 1. The molecule has 43 heavy (non-hydrogen) atoms. The summed E-state index contributed by atoms with van der Waals surface area (Å²) in [6, 6.07) is 28.0. The molecule has 0 saturated carbocycles. The number of rotatable bonds is 12. The first kappa shape index (κ1) is 31.6. The number of carbonyl (C=O) groups excluding carboxylic acids is 2. The van der Waals surface area contributed by atoms with Gasteiger partial charge in [-0.2, -0.15) is 5.10 Å². The van der Waals surface area contributed by atoms with E-state index in [1.807, 2.05) is 37.3 Å². The summed E-state index contributed by atoms with van der Waals surface area (Å²) in [5.41, 5.74) is 4.19.